The van der Waals surface area contributed by atoms with Crippen LogP contribution in [0.4, 0.5) is 0 Å². The summed E-state index contributed by atoms with van der Waals surface area (Å²) in [7, 11) is 0. The van der Waals surface area contributed by atoms with E-state index in [4.69, 9.17) is 0 Å². The Hall–Kier alpha value is -2.08. The lowest BCUT2D eigenvalue weighted by Crippen LogP contribution is -2.51. The van der Waals surface area contributed by atoms with Crippen LogP contribution in [0.1, 0.15) is 27.2 Å². The van der Waals surface area contributed by atoms with Crippen molar-refractivity contribution in [2.75, 3.05) is 31.9 Å². The summed E-state index contributed by atoms with van der Waals surface area (Å²) >= 11 is 1.48. The SMILES string of the molecule is CC(C)(C)CC(=O)N1CCN(C(=O)CSc2nccc3ccccc23)CC1. The minimum Gasteiger partial charge on any atom is -0.339 e. The van der Waals surface area contributed by atoms with Crippen LogP contribution in [0.2, 0.25) is 0 Å². The van der Waals surface area contributed by atoms with Crippen molar-refractivity contribution in [1.82, 2.24) is 14.8 Å². The van der Waals surface area contributed by atoms with E-state index in [0.717, 1.165) is 15.8 Å². The Bertz CT molecular complexity index is 818. The van der Waals surface area contributed by atoms with Gasteiger partial charge in [-0.2, -0.15) is 0 Å². The first-order chi connectivity index (χ1) is 12.8. The van der Waals surface area contributed by atoms with E-state index in [2.05, 4.69) is 31.8 Å². The number of fused-ring (bicyclic) bond motifs is 1. The number of carbonyl (C=O) groups excluding carboxylic acids is 2. The standard InChI is InChI=1S/C21H27N3O2S/c1-21(2,3)14-18(25)23-10-12-24(13-11-23)19(26)15-27-20-17-7-5-4-6-16(17)8-9-22-20/h4-9H,10-15H2,1-3H3. The molecule has 0 saturated carbocycles. The molecular formula is C21H27N3O2S. The monoisotopic (exact) mass is 385 g/mol. The highest BCUT2D eigenvalue weighted by Crippen LogP contribution is 2.26. The molecule has 0 N–H and O–H groups in total. The Balaban J connectivity index is 1.52. The summed E-state index contributed by atoms with van der Waals surface area (Å²) < 4.78 is 0. The molecule has 1 fully saturated rings. The number of piperazine rings is 1. The molecule has 5 nitrogen and oxygen atoms in total. The van der Waals surface area contributed by atoms with Gasteiger partial charge < -0.3 is 9.80 Å². The molecule has 1 aromatic heterocycles. The molecule has 0 spiro atoms. The number of aromatic nitrogens is 1. The van der Waals surface area contributed by atoms with Crippen molar-refractivity contribution in [2.24, 2.45) is 5.41 Å². The highest BCUT2D eigenvalue weighted by molar-refractivity contribution is 8.00. The summed E-state index contributed by atoms with van der Waals surface area (Å²) in [5, 5.41) is 3.10. The fraction of sp³-hybridized carbons (Fsp3) is 0.476. The van der Waals surface area contributed by atoms with Crippen molar-refractivity contribution in [1.29, 1.82) is 0 Å². The van der Waals surface area contributed by atoms with Crippen LogP contribution in [0, 0.1) is 5.41 Å². The van der Waals surface area contributed by atoms with E-state index in [9.17, 15) is 9.59 Å². The van der Waals surface area contributed by atoms with Crippen molar-refractivity contribution < 1.29 is 9.59 Å². The molecule has 6 heteroatoms. The van der Waals surface area contributed by atoms with Gasteiger partial charge in [0.15, 0.2) is 0 Å². The molecule has 2 amide bonds. The van der Waals surface area contributed by atoms with Crippen molar-refractivity contribution in [3.63, 3.8) is 0 Å². The van der Waals surface area contributed by atoms with Gasteiger partial charge in [0.1, 0.15) is 5.03 Å². The number of hydrogen-bond donors (Lipinski definition) is 0. The smallest absolute Gasteiger partial charge is 0.233 e. The van der Waals surface area contributed by atoms with Crippen molar-refractivity contribution >= 4 is 34.3 Å². The second kappa shape index (κ2) is 8.30. The summed E-state index contributed by atoms with van der Waals surface area (Å²) in [6.45, 7) is 8.68. The summed E-state index contributed by atoms with van der Waals surface area (Å²) in [5.41, 5.74) is -0.00780. The van der Waals surface area contributed by atoms with Gasteiger partial charge in [-0.3, -0.25) is 9.59 Å². The van der Waals surface area contributed by atoms with Crippen LogP contribution >= 0.6 is 11.8 Å². The van der Waals surface area contributed by atoms with Gasteiger partial charge in [0, 0.05) is 44.2 Å². The first-order valence-corrected chi connectivity index (χ1v) is 10.3. The summed E-state index contributed by atoms with van der Waals surface area (Å²) in [6, 6.07) is 10.1. The second-order valence-corrected chi connectivity index (χ2v) is 9.09. The first-order valence-electron chi connectivity index (χ1n) is 9.35. The minimum absolute atomic E-state index is 0.00780. The van der Waals surface area contributed by atoms with Gasteiger partial charge in [-0.25, -0.2) is 4.98 Å². The average molecular weight is 386 g/mol. The van der Waals surface area contributed by atoms with Gasteiger partial charge in [0.05, 0.1) is 5.75 Å². The Kier molecular flexibility index (Phi) is 6.05. The zero-order valence-corrected chi connectivity index (χ0v) is 17.1. The predicted octanol–water partition coefficient (Wildman–Crippen LogP) is 3.43. The number of pyridine rings is 1. The third-order valence-electron chi connectivity index (χ3n) is 4.64. The number of thioether (sulfide) groups is 1. The van der Waals surface area contributed by atoms with Crippen LogP contribution in [0.25, 0.3) is 10.8 Å². The van der Waals surface area contributed by atoms with Crippen LogP contribution in [-0.2, 0) is 9.59 Å². The quantitative estimate of drug-likeness (QED) is 0.757. The zero-order chi connectivity index (χ0) is 19.4. The molecule has 1 aliphatic heterocycles. The van der Waals surface area contributed by atoms with Gasteiger partial charge in [0.25, 0.3) is 0 Å². The van der Waals surface area contributed by atoms with Crippen LogP contribution in [0.15, 0.2) is 41.6 Å². The molecule has 2 aromatic rings. The van der Waals surface area contributed by atoms with Gasteiger partial charge in [0.2, 0.25) is 11.8 Å². The molecule has 0 aliphatic carbocycles. The molecule has 0 radical (unpaired) electrons. The number of benzene rings is 1. The van der Waals surface area contributed by atoms with Gasteiger partial charge in [-0.15, -0.1) is 0 Å². The Morgan fingerprint density at radius 2 is 1.63 bits per heavy atom. The number of rotatable bonds is 4. The summed E-state index contributed by atoms with van der Waals surface area (Å²) in [4.78, 5) is 33.1. The van der Waals surface area contributed by atoms with E-state index in [1.165, 1.54) is 11.8 Å². The molecule has 1 aromatic carbocycles. The summed E-state index contributed by atoms with van der Waals surface area (Å²) in [6.07, 6.45) is 2.33. The molecule has 1 aliphatic rings. The Labute approximate surface area is 165 Å². The van der Waals surface area contributed by atoms with E-state index in [1.54, 1.807) is 6.20 Å². The first kappa shape index (κ1) is 19.7. The summed E-state index contributed by atoms with van der Waals surface area (Å²) in [5.74, 6) is 0.665. The maximum Gasteiger partial charge on any atom is 0.233 e. The van der Waals surface area contributed by atoms with Crippen LogP contribution in [-0.4, -0.2) is 58.5 Å². The molecule has 27 heavy (non-hydrogen) atoms. The molecular weight excluding hydrogens is 358 g/mol. The maximum atomic E-state index is 12.6. The third kappa shape index (κ3) is 5.22. The largest absolute Gasteiger partial charge is 0.339 e. The van der Waals surface area contributed by atoms with Gasteiger partial charge >= 0.3 is 0 Å². The molecule has 0 unspecified atom stereocenters. The molecule has 3 rings (SSSR count). The van der Waals surface area contributed by atoms with E-state index in [1.807, 2.05) is 34.1 Å². The number of hydrogen-bond acceptors (Lipinski definition) is 4. The van der Waals surface area contributed by atoms with Gasteiger partial charge in [-0.1, -0.05) is 56.8 Å². The number of amides is 2. The molecule has 0 atom stereocenters. The van der Waals surface area contributed by atoms with Crippen molar-refractivity contribution in [2.45, 2.75) is 32.2 Å². The van der Waals surface area contributed by atoms with E-state index >= 15 is 0 Å². The van der Waals surface area contributed by atoms with Gasteiger partial charge in [-0.05, 0) is 16.9 Å². The van der Waals surface area contributed by atoms with Crippen molar-refractivity contribution in [3.05, 3.63) is 36.5 Å². The third-order valence-corrected chi connectivity index (χ3v) is 5.63. The fourth-order valence-corrected chi connectivity index (χ4v) is 4.12. The normalized spacial score (nSPS) is 15.2. The molecule has 0 bridgehead atoms. The van der Waals surface area contributed by atoms with E-state index in [-0.39, 0.29) is 17.2 Å². The Morgan fingerprint density at radius 3 is 2.30 bits per heavy atom. The lowest BCUT2D eigenvalue weighted by Gasteiger charge is -2.36. The minimum atomic E-state index is -0.00780. The number of carbonyl (C=O) groups is 2. The lowest BCUT2D eigenvalue weighted by molar-refractivity contribution is -0.139. The van der Waals surface area contributed by atoms with Crippen LogP contribution < -0.4 is 0 Å². The molecule has 2 heterocycles. The van der Waals surface area contributed by atoms with E-state index < -0.39 is 0 Å². The van der Waals surface area contributed by atoms with Crippen LogP contribution in [0.5, 0.6) is 0 Å². The maximum absolute atomic E-state index is 12.6. The predicted molar refractivity (Wildman–Crippen MR) is 110 cm³/mol. The zero-order valence-electron chi connectivity index (χ0n) is 16.3. The highest BCUT2D eigenvalue weighted by Gasteiger charge is 2.26. The average Bonchev–Trinajstić information content (AvgIpc) is 2.65. The lowest BCUT2D eigenvalue weighted by atomic mass is 9.91. The Morgan fingerprint density at radius 1 is 1.00 bits per heavy atom. The molecule has 1 saturated heterocycles. The second-order valence-electron chi connectivity index (χ2n) is 8.12. The van der Waals surface area contributed by atoms with Crippen molar-refractivity contribution in [3.8, 4) is 0 Å². The fourth-order valence-electron chi connectivity index (χ4n) is 3.20. The number of nitrogens with zero attached hydrogens (tertiary/aromatic N) is 3. The molecule has 144 valence electrons. The van der Waals surface area contributed by atoms with Crippen LogP contribution in [0.3, 0.4) is 0 Å². The highest BCUT2D eigenvalue weighted by atomic mass is 32.2. The van der Waals surface area contributed by atoms with E-state index in [0.29, 0.717) is 38.4 Å². The topological polar surface area (TPSA) is 53.5 Å².